The minimum Gasteiger partial charge on any atom is -0.353 e. The molecule has 1 aliphatic heterocycles. The first-order valence-corrected chi connectivity index (χ1v) is 8.68. The Balaban J connectivity index is 1.91. The molecule has 0 radical (unpaired) electrons. The molecular weight excluding hydrogens is 394 g/mol. The number of H-pyrrole nitrogens is 1. The Morgan fingerprint density at radius 1 is 1.46 bits per heavy atom. The van der Waals surface area contributed by atoms with Gasteiger partial charge >= 0.3 is 0 Å². The standard InChI is InChI=1S/C15H13BrClN7/c16-10-5-11-12(13-9(10)6-20-23-13)14(22-15(17)21-11)24-4-3-19-8(7-24)1-2-18/h5-6,8,19H,1,3-4,7H2,(H,20,23)/t8-/m0/s1. The molecule has 24 heavy (non-hydrogen) atoms. The summed E-state index contributed by atoms with van der Waals surface area (Å²) in [7, 11) is 0. The van der Waals surface area contributed by atoms with Gasteiger partial charge in [-0.05, 0) is 33.6 Å². The van der Waals surface area contributed by atoms with Gasteiger partial charge in [-0.25, -0.2) is 4.98 Å². The van der Waals surface area contributed by atoms with Crippen molar-refractivity contribution >= 4 is 55.2 Å². The number of rotatable bonds is 2. The van der Waals surface area contributed by atoms with Crippen molar-refractivity contribution < 1.29 is 0 Å². The molecule has 122 valence electrons. The molecule has 7 nitrogen and oxygen atoms in total. The number of anilines is 1. The number of piperazine rings is 1. The lowest BCUT2D eigenvalue weighted by atomic mass is 10.1. The Labute approximate surface area is 151 Å². The van der Waals surface area contributed by atoms with Crippen LogP contribution in [0.4, 0.5) is 5.82 Å². The van der Waals surface area contributed by atoms with E-state index in [1.807, 2.05) is 6.07 Å². The van der Waals surface area contributed by atoms with Crippen LogP contribution in [0, 0.1) is 11.3 Å². The third-order valence-electron chi connectivity index (χ3n) is 4.19. The number of nitriles is 1. The SMILES string of the molecule is N#CC[C@H]1CN(c2nc(Cl)nc3cc(Br)c4cn[nH]c4c23)CCN1. The number of aromatic amines is 1. The lowest BCUT2D eigenvalue weighted by Gasteiger charge is -2.34. The average Bonchev–Trinajstić information content (AvgIpc) is 3.05. The molecule has 0 unspecified atom stereocenters. The predicted octanol–water partition coefficient (Wildman–Crippen LogP) is 2.61. The summed E-state index contributed by atoms with van der Waals surface area (Å²) in [5.74, 6) is 0.774. The molecule has 1 aromatic carbocycles. The number of nitrogens with one attached hydrogen (secondary N) is 2. The fourth-order valence-corrected chi connectivity index (χ4v) is 3.82. The van der Waals surface area contributed by atoms with E-state index in [9.17, 15) is 0 Å². The van der Waals surface area contributed by atoms with Gasteiger partial charge in [0, 0.05) is 35.5 Å². The van der Waals surface area contributed by atoms with Gasteiger partial charge in [0.05, 0.1) is 35.1 Å². The molecule has 1 saturated heterocycles. The van der Waals surface area contributed by atoms with Gasteiger partial charge in [-0.1, -0.05) is 0 Å². The molecule has 0 spiro atoms. The Hall–Kier alpha value is -1.95. The number of hydrogen-bond acceptors (Lipinski definition) is 6. The predicted molar refractivity (Wildman–Crippen MR) is 96.1 cm³/mol. The number of benzene rings is 1. The van der Waals surface area contributed by atoms with Gasteiger partial charge in [0.2, 0.25) is 5.28 Å². The number of nitrogens with zero attached hydrogens (tertiary/aromatic N) is 5. The first-order chi connectivity index (χ1) is 11.7. The van der Waals surface area contributed by atoms with Crippen LogP contribution in [0.2, 0.25) is 5.28 Å². The van der Waals surface area contributed by atoms with E-state index in [1.165, 1.54) is 0 Å². The molecule has 0 aliphatic carbocycles. The van der Waals surface area contributed by atoms with E-state index < -0.39 is 0 Å². The van der Waals surface area contributed by atoms with Crippen molar-refractivity contribution in [2.45, 2.75) is 12.5 Å². The van der Waals surface area contributed by atoms with E-state index >= 15 is 0 Å². The molecule has 4 rings (SSSR count). The molecule has 3 heterocycles. The maximum absolute atomic E-state index is 8.96. The second-order valence-electron chi connectivity index (χ2n) is 5.69. The van der Waals surface area contributed by atoms with Crippen LogP contribution in [0.15, 0.2) is 16.7 Å². The van der Waals surface area contributed by atoms with E-state index in [1.54, 1.807) is 6.20 Å². The minimum atomic E-state index is 0.111. The number of hydrogen-bond donors (Lipinski definition) is 2. The van der Waals surface area contributed by atoms with Gasteiger partial charge in [0.25, 0.3) is 0 Å². The van der Waals surface area contributed by atoms with Gasteiger partial charge in [0.1, 0.15) is 5.82 Å². The van der Waals surface area contributed by atoms with E-state index in [0.717, 1.165) is 45.2 Å². The molecule has 0 bridgehead atoms. The molecule has 0 amide bonds. The van der Waals surface area contributed by atoms with E-state index in [0.29, 0.717) is 13.0 Å². The zero-order chi connectivity index (χ0) is 16.7. The molecule has 2 N–H and O–H groups in total. The third-order valence-corrected chi connectivity index (χ3v) is 5.02. The molecule has 9 heteroatoms. The second-order valence-corrected chi connectivity index (χ2v) is 6.88. The summed E-state index contributed by atoms with van der Waals surface area (Å²) in [6.07, 6.45) is 2.23. The number of fused-ring (bicyclic) bond motifs is 3. The average molecular weight is 407 g/mol. The van der Waals surface area contributed by atoms with Crippen molar-refractivity contribution in [1.82, 2.24) is 25.5 Å². The van der Waals surface area contributed by atoms with Crippen LogP contribution < -0.4 is 10.2 Å². The number of aromatic nitrogens is 4. The van der Waals surface area contributed by atoms with Crippen LogP contribution in [0.3, 0.4) is 0 Å². The smallest absolute Gasteiger partial charge is 0.224 e. The highest BCUT2D eigenvalue weighted by atomic mass is 79.9. The first-order valence-electron chi connectivity index (χ1n) is 7.51. The molecule has 1 aliphatic rings. The fraction of sp³-hybridized carbons (Fsp3) is 0.333. The van der Waals surface area contributed by atoms with Crippen LogP contribution in [0.1, 0.15) is 6.42 Å². The summed E-state index contributed by atoms with van der Waals surface area (Å²) < 4.78 is 0.905. The normalized spacial score (nSPS) is 18.2. The van der Waals surface area contributed by atoms with E-state index in [-0.39, 0.29) is 11.3 Å². The number of halogens is 2. The Kier molecular flexibility index (Phi) is 4.00. The topological polar surface area (TPSA) is 93.5 Å². The highest BCUT2D eigenvalue weighted by Crippen LogP contribution is 2.35. The maximum atomic E-state index is 8.96. The molecular formula is C15H13BrClN7. The van der Waals surface area contributed by atoms with Crippen molar-refractivity contribution in [3.8, 4) is 6.07 Å². The molecule has 1 fully saturated rings. The highest BCUT2D eigenvalue weighted by molar-refractivity contribution is 9.10. The van der Waals surface area contributed by atoms with Gasteiger partial charge in [-0.2, -0.15) is 15.3 Å². The molecule has 1 atom stereocenters. The Bertz CT molecular complexity index is 964. The van der Waals surface area contributed by atoms with Gasteiger partial charge in [0.15, 0.2) is 0 Å². The van der Waals surface area contributed by atoms with Crippen LogP contribution in [0.25, 0.3) is 21.8 Å². The van der Waals surface area contributed by atoms with Gasteiger partial charge in [-0.15, -0.1) is 0 Å². The van der Waals surface area contributed by atoms with Gasteiger partial charge < -0.3 is 10.2 Å². The summed E-state index contributed by atoms with van der Waals surface area (Å²) in [4.78, 5) is 11.0. The third kappa shape index (κ3) is 2.59. The lowest BCUT2D eigenvalue weighted by Crippen LogP contribution is -2.51. The van der Waals surface area contributed by atoms with Crippen LogP contribution in [-0.2, 0) is 0 Å². The summed E-state index contributed by atoms with van der Waals surface area (Å²) in [6, 6.07) is 4.26. The van der Waals surface area contributed by atoms with Gasteiger partial charge in [-0.3, -0.25) is 5.10 Å². The van der Waals surface area contributed by atoms with Crippen LogP contribution in [-0.4, -0.2) is 45.8 Å². The second kappa shape index (κ2) is 6.16. The Morgan fingerprint density at radius 3 is 3.17 bits per heavy atom. The fourth-order valence-electron chi connectivity index (χ4n) is 3.13. The molecule has 2 aromatic heterocycles. The zero-order valence-corrected chi connectivity index (χ0v) is 14.9. The van der Waals surface area contributed by atoms with Crippen molar-refractivity contribution in [2.24, 2.45) is 0 Å². The van der Waals surface area contributed by atoms with Crippen LogP contribution in [0.5, 0.6) is 0 Å². The van der Waals surface area contributed by atoms with E-state index in [4.69, 9.17) is 16.9 Å². The van der Waals surface area contributed by atoms with E-state index in [2.05, 4.69) is 52.4 Å². The minimum absolute atomic E-state index is 0.111. The molecule has 3 aromatic rings. The zero-order valence-electron chi connectivity index (χ0n) is 12.6. The summed E-state index contributed by atoms with van der Waals surface area (Å²) in [5, 5.41) is 21.6. The van der Waals surface area contributed by atoms with Crippen molar-refractivity contribution in [1.29, 1.82) is 5.26 Å². The quantitative estimate of drug-likeness (QED) is 0.635. The van der Waals surface area contributed by atoms with Crippen LogP contribution >= 0.6 is 27.5 Å². The molecule has 0 saturated carbocycles. The Morgan fingerprint density at radius 2 is 2.33 bits per heavy atom. The van der Waals surface area contributed by atoms with Crippen molar-refractivity contribution in [3.63, 3.8) is 0 Å². The monoisotopic (exact) mass is 405 g/mol. The van der Waals surface area contributed by atoms with Crippen molar-refractivity contribution in [2.75, 3.05) is 24.5 Å². The van der Waals surface area contributed by atoms with Crippen molar-refractivity contribution in [3.05, 3.63) is 22.0 Å². The summed E-state index contributed by atoms with van der Waals surface area (Å²) in [5.41, 5.74) is 1.63. The maximum Gasteiger partial charge on any atom is 0.224 e. The first kappa shape index (κ1) is 15.6. The summed E-state index contributed by atoms with van der Waals surface area (Å²) >= 11 is 9.71. The largest absolute Gasteiger partial charge is 0.353 e. The summed E-state index contributed by atoms with van der Waals surface area (Å²) in [6.45, 7) is 2.27. The lowest BCUT2D eigenvalue weighted by molar-refractivity contribution is 0.461. The highest BCUT2D eigenvalue weighted by Gasteiger charge is 2.24.